The second-order valence-corrected chi connectivity index (χ2v) is 11.8. The Bertz CT molecular complexity index is 1250. The molecule has 7 heteroatoms. The number of hydrogen-bond donors (Lipinski definition) is 2. The van der Waals surface area contributed by atoms with Crippen LogP contribution in [0.5, 0.6) is 0 Å². The maximum Gasteiger partial charge on any atom is 0.297 e. The molecule has 0 radical (unpaired) electrons. The summed E-state index contributed by atoms with van der Waals surface area (Å²) in [7, 11) is 0. The van der Waals surface area contributed by atoms with Gasteiger partial charge in [0.05, 0.1) is 17.3 Å². The number of aryl methyl sites for hydroxylation is 1. The smallest absolute Gasteiger partial charge is 0.297 e. The van der Waals surface area contributed by atoms with E-state index in [1.165, 1.54) is 16.8 Å². The van der Waals surface area contributed by atoms with Crippen molar-refractivity contribution >= 4 is 23.3 Å². The third-order valence-electron chi connectivity index (χ3n) is 9.09. The first kappa shape index (κ1) is 24.8. The molecule has 0 aliphatic carbocycles. The van der Waals surface area contributed by atoms with Gasteiger partial charge in [-0.25, -0.2) is 4.98 Å². The summed E-state index contributed by atoms with van der Waals surface area (Å²) in [4.78, 5) is 9.18. The number of halogens is 1. The lowest BCUT2D eigenvalue weighted by molar-refractivity contribution is 0.0242. The number of β-amino-alcohol motifs (C(OH)–C–C–N with tert-alkyl or cyclic N) is 1. The summed E-state index contributed by atoms with van der Waals surface area (Å²) in [6.07, 6.45) is 4.47. The minimum Gasteiger partial charge on any atom is -0.423 e. The number of aliphatic hydroxyl groups is 1. The number of aromatic nitrogens is 1. The zero-order chi connectivity index (χ0) is 25.6. The maximum atomic E-state index is 11.2. The number of benzene rings is 2. The Morgan fingerprint density at radius 2 is 2.00 bits per heavy atom. The molecule has 0 amide bonds. The van der Waals surface area contributed by atoms with E-state index in [0.29, 0.717) is 28.6 Å². The molecule has 4 heterocycles. The Morgan fingerprint density at radius 1 is 1.19 bits per heavy atom. The van der Waals surface area contributed by atoms with Crippen molar-refractivity contribution in [2.24, 2.45) is 11.8 Å². The number of fused-ring (bicyclic) bond motifs is 2. The number of nitrogens with zero attached hydrogens (tertiary/aromatic N) is 3. The van der Waals surface area contributed by atoms with Gasteiger partial charge in [-0.1, -0.05) is 42.8 Å². The number of hydrogen-bond acceptors (Lipinski definition) is 6. The molecular weight excluding hydrogens is 484 g/mol. The highest BCUT2D eigenvalue weighted by Crippen LogP contribution is 2.47. The highest BCUT2D eigenvalue weighted by atomic mass is 35.5. The number of aliphatic hydroxyl groups excluding tert-OH is 1. The molecule has 2 aromatic carbocycles. The fraction of sp³-hybridized carbons (Fsp3) is 0.500. The zero-order valence-corrected chi connectivity index (χ0v) is 22.5. The number of anilines is 2. The lowest BCUT2D eigenvalue weighted by Crippen LogP contribution is -2.52. The van der Waals surface area contributed by atoms with E-state index < -0.39 is 0 Å². The van der Waals surface area contributed by atoms with Crippen molar-refractivity contribution in [3.8, 4) is 11.3 Å². The van der Waals surface area contributed by atoms with Crippen LogP contribution in [0, 0.1) is 18.8 Å². The summed E-state index contributed by atoms with van der Waals surface area (Å²) >= 11 is 6.32. The van der Waals surface area contributed by atoms with Gasteiger partial charge in [0.25, 0.3) is 6.01 Å². The van der Waals surface area contributed by atoms with Crippen molar-refractivity contribution in [3.05, 3.63) is 64.8 Å². The lowest BCUT2D eigenvalue weighted by Gasteiger charge is -2.46. The molecule has 0 saturated carbocycles. The van der Waals surface area contributed by atoms with Gasteiger partial charge in [0.1, 0.15) is 0 Å². The van der Waals surface area contributed by atoms with Gasteiger partial charge < -0.3 is 24.6 Å². The number of likely N-dealkylation sites (tertiary alicyclic amines) is 1. The van der Waals surface area contributed by atoms with Gasteiger partial charge in [0, 0.05) is 49.4 Å². The molecule has 6 nitrogen and oxygen atoms in total. The largest absolute Gasteiger partial charge is 0.423 e. The first-order valence-corrected chi connectivity index (χ1v) is 14.0. The van der Waals surface area contributed by atoms with Crippen LogP contribution >= 0.6 is 11.6 Å². The highest BCUT2D eigenvalue weighted by molar-refractivity contribution is 6.33. The van der Waals surface area contributed by atoms with Gasteiger partial charge in [-0.05, 0) is 73.9 Å². The van der Waals surface area contributed by atoms with E-state index in [2.05, 4.69) is 52.1 Å². The minimum atomic E-state index is -0.303. The topological polar surface area (TPSA) is 64.8 Å². The zero-order valence-electron chi connectivity index (χ0n) is 21.8. The molecule has 3 aliphatic rings. The van der Waals surface area contributed by atoms with Crippen molar-refractivity contribution in [2.75, 3.05) is 49.5 Å². The summed E-state index contributed by atoms with van der Waals surface area (Å²) in [5, 5.41) is 15.5. The Kier molecular flexibility index (Phi) is 6.68. The first-order chi connectivity index (χ1) is 17.9. The molecule has 3 atom stereocenters. The van der Waals surface area contributed by atoms with Crippen molar-refractivity contribution in [1.29, 1.82) is 0 Å². The predicted octanol–water partition coefficient (Wildman–Crippen LogP) is 5.59. The first-order valence-electron chi connectivity index (χ1n) is 13.6. The van der Waals surface area contributed by atoms with E-state index in [1.54, 1.807) is 6.20 Å². The monoisotopic (exact) mass is 520 g/mol. The van der Waals surface area contributed by atoms with E-state index >= 15 is 0 Å². The number of oxazole rings is 1. The molecular formula is C30H37ClN4O2. The number of piperidine rings is 2. The van der Waals surface area contributed by atoms with Crippen LogP contribution in [0.1, 0.15) is 37.3 Å². The Labute approximate surface area is 224 Å². The highest BCUT2D eigenvalue weighted by Gasteiger charge is 2.46. The quantitative estimate of drug-likeness (QED) is 0.457. The van der Waals surface area contributed by atoms with Gasteiger partial charge in [-0.3, -0.25) is 0 Å². The molecule has 37 heavy (non-hydrogen) atoms. The molecule has 2 saturated heterocycles. The third-order valence-corrected chi connectivity index (χ3v) is 9.42. The summed E-state index contributed by atoms with van der Waals surface area (Å²) in [5.74, 6) is 1.54. The van der Waals surface area contributed by atoms with Crippen molar-refractivity contribution in [1.82, 2.24) is 9.88 Å². The molecule has 2 fully saturated rings. The number of rotatable bonds is 5. The second kappa shape index (κ2) is 9.97. The summed E-state index contributed by atoms with van der Waals surface area (Å²) < 4.78 is 6.05. The SMILES string of the molecule is Cc1ccc2c(c1)NC[C@@]21CCN(CC(O)C2CCN(c3ncc(-c4ccccc4Cl)o3)CC2)CC1C. The molecule has 6 rings (SSSR count). The molecule has 2 unspecified atom stereocenters. The average molecular weight is 521 g/mol. The van der Waals surface area contributed by atoms with Crippen molar-refractivity contribution in [3.63, 3.8) is 0 Å². The Hall–Kier alpha value is -2.54. The van der Waals surface area contributed by atoms with Crippen LogP contribution in [0.2, 0.25) is 5.02 Å². The third kappa shape index (κ3) is 4.64. The van der Waals surface area contributed by atoms with Crippen LogP contribution in [-0.4, -0.2) is 60.4 Å². The number of nitrogens with one attached hydrogen (secondary N) is 1. The van der Waals surface area contributed by atoms with E-state index in [4.69, 9.17) is 16.0 Å². The van der Waals surface area contributed by atoms with E-state index in [0.717, 1.165) is 64.1 Å². The second-order valence-electron chi connectivity index (χ2n) is 11.3. The lowest BCUT2D eigenvalue weighted by atomic mass is 9.67. The van der Waals surface area contributed by atoms with Gasteiger partial charge in [-0.15, -0.1) is 0 Å². The molecule has 196 valence electrons. The molecule has 2 N–H and O–H groups in total. The van der Waals surface area contributed by atoms with Crippen LogP contribution in [0.4, 0.5) is 11.7 Å². The standard InChI is InChI=1S/C30H37ClN4O2/c1-20-7-8-24-26(15-20)33-19-30(24)11-14-34(17-21(30)2)18-27(36)22-9-12-35(13-10-22)29-32-16-28(37-29)23-5-3-4-6-25(23)31/h3-8,15-16,21-22,27,33,36H,9-14,17-19H2,1-2H3/t21?,27?,30-/m1/s1. The van der Waals surface area contributed by atoms with Gasteiger partial charge >= 0.3 is 0 Å². The van der Waals surface area contributed by atoms with Crippen LogP contribution in [-0.2, 0) is 5.41 Å². The predicted molar refractivity (Wildman–Crippen MR) is 149 cm³/mol. The van der Waals surface area contributed by atoms with E-state index in [-0.39, 0.29) is 11.5 Å². The average Bonchev–Trinajstić information content (AvgIpc) is 3.53. The van der Waals surface area contributed by atoms with Gasteiger partial charge in [0.15, 0.2) is 5.76 Å². The fourth-order valence-corrected chi connectivity index (χ4v) is 6.99. The molecule has 1 spiro atoms. The van der Waals surface area contributed by atoms with Gasteiger partial charge in [-0.2, -0.15) is 0 Å². The molecule has 3 aliphatic heterocycles. The molecule has 0 bridgehead atoms. The van der Waals surface area contributed by atoms with Gasteiger partial charge in [0.2, 0.25) is 0 Å². The normalized spacial score (nSPS) is 25.3. The summed E-state index contributed by atoms with van der Waals surface area (Å²) in [6, 6.07) is 15.2. The molecule has 1 aromatic heterocycles. The van der Waals surface area contributed by atoms with Crippen molar-refractivity contribution in [2.45, 2.75) is 44.6 Å². The van der Waals surface area contributed by atoms with Crippen molar-refractivity contribution < 1.29 is 9.52 Å². The fourth-order valence-electron chi connectivity index (χ4n) is 6.76. The van der Waals surface area contributed by atoms with E-state index in [9.17, 15) is 5.11 Å². The van der Waals surface area contributed by atoms with E-state index in [1.807, 2.05) is 24.3 Å². The van der Waals surface area contributed by atoms with Crippen LogP contribution in [0.15, 0.2) is 53.1 Å². The maximum absolute atomic E-state index is 11.2. The Balaban J connectivity index is 1.02. The van der Waals surface area contributed by atoms with Crippen LogP contribution < -0.4 is 10.2 Å². The minimum absolute atomic E-state index is 0.217. The van der Waals surface area contributed by atoms with Crippen LogP contribution in [0.25, 0.3) is 11.3 Å². The van der Waals surface area contributed by atoms with Crippen LogP contribution in [0.3, 0.4) is 0 Å². The summed E-state index contributed by atoms with van der Waals surface area (Å²) in [5.41, 5.74) is 5.19. The Morgan fingerprint density at radius 3 is 2.78 bits per heavy atom. The molecule has 3 aromatic rings. The summed E-state index contributed by atoms with van der Waals surface area (Å²) in [6.45, 7) is 10.1.